The monoisotopic (exact) mass is 641 g/mol. The average Bonchev–Trinajstić information content (AvgIpc) is 3.86. The van der Waals surface area contributed by atoms with E-state index in [9.17, 15) is 4.79 Å². The van der Waals surface area contributed by atoms with Crippen molar-refractivity contribution in [2.24, 2.45) is 5.92 Å². The summed E-state index contributed by atoms with van der Waals surface area (Å²) in [6.07, 6.45) is 3.49. The number of rotatable bonds is 9. The summed E-state index contributed by atoms with van der Waals surface area (Å²) >= 11 is 12.9. The maximum absolute atomic E-state index is 14.2. The third-order valence-electron chi connectivity index (χ3n) is 9.54. The first-order valence-corrected chi connectivity index (χ1v) is 18.4. The molecule has 1 saturated carbocycles. The molecule has 44 heavy (non-hydrogen) atoms. The molecule has 0 radical (unpaired) electrons. The molecule has 1 amide bonds. The van der Waals surface area contributed by atoms with E-state index >= 15 is 0 Å². The molecule has 3 atom stereocenters. The minimum absolute atomic E-state index is 0.0354. The minimum atomic E-state index is -2.79. The molecule has 4 aromatic rings. The van der Waals surface area contributed by atoms with Gasteiger partial charge in [0.15, 0.2) is 0 Å². The van der Waals surface area contributed by atoms with Crippen molar-refractivity contribution in [3.8, 4) is 0 Å². The number of hydrogen-bond donors (Lipinski definition) is 0. The molecule has 3 nitrogen and oxygen atoms in total. The van der Waals surface area contributed by atoms with Crippen LogP contribution in [0.3, 0.4) is 0 Å². The highest BCUT2D eigenvalue weighted by Gasteiger charge is 2.52. The van der Waals surface area contributed by atoms with Gasteiger partial charge in [-0.2, -0.15) is 0 Å². The fraction of sp³-hybridized carbons (Fsp3) is 0.342. The van der Waals surface area contributed by atoms with E-state index in [2.05, 4.69) is 111 Å². The van der Waals surface area contributed by atoms with Crippen LogP contribution in [0.2, 0.25) is 15.1 Å². The SMILES string of the molecule is CC(C)(C)[Si](OC[C@H](C1CC1)N1C(=O)CC[C@H](c2cccc(Cl)c2)C1c1ccc(Cl)cc1)(c1ccccc1)c1ccccc1. The molecule has 1 unspecified atom stereocenters. The summed E-state index contributed by atoms with van der Waals surface area (Å²) < 4.78 is 7.50. The predicted molar refractivity (Wildman–Crippen MR) is 185 cm³/mol. The first-order valence-electron chi connectivity index (χ1n) is 15.8. The van der Waals surface area contributed by atoms with Crippen LogP contribution in [-0.2, 0) is 9.22 Å². The van der Waals surface area contributed by atoms with Crippen molar-refractivity contribution in [2.45, 2.75) is 69.5 Å². The molecular formula is C38H41Cl2NO2Si. The molecule has 1 aliphatic carbocycles. The summed E-state index contributed by atoms with van der Waals surface area (Å²) in [6.45, 7) is 7.42. The van der Waals surface area contributed by atoms with Crippen molar-refractivity contribution < 1.29 is 9.22 Å². The van der Waals surface area contributed by atoms with Crippen LogP contribution < -0.4 is 10.4 Å². The predicted octanol–water partition coefficient (Wildman–Crippen LogP) is 8.80. The fourth-order valence-corrected chi connectivity index (χ4v) is 12.2. The Bertz CT molecular complexity index is 1530. The van der Waals surface area contributed by atoms with Gasteiger partial charge in [-0.25, -0.2) is 0 Å². The summed E-state index contributed by atoms with van der Waals surface area (Å²) in [5.41, 5.74) is 2.26. The van der Waals surface area contributed by atoms with Gasteiger partial charge in [0, 0.05) is 22.4 Å². The number of benzene rings is 4. The van der Waals surface area contributed by atoms with Crippen molar-refractivity contribution in [3.05, 3.63) is 130 Å². The molecule has 1 saturated heterocycles. The van der Waals surface area contributed by atoms with Crippen molar-refractivity contribution in [2.75, 3.05) is 6.61 Å². The third-order valence-corrected chi connectivity index (χ3v) is 15.0. The van der Waals surface area contributed by atoms with Gasteiger partial charge in [0.2, 0.25) is 5.91 Å². The first kappa shape index (κ1) is 31.1. The summed E-state index contributed by atoms with van der Waals surface area (Å²) in [5, 5.41) is 3.77. The van der Waals surface area contributed by atoms with Gasteiger partial charge in [0.05, 0.1) is 18.7 Å². The number of carbonyl (C=O) groups excluding carboxylic acids is 1. The normalized spacial score (nSPS) is 20.0. The highest BCUT2D eigenvalue weighted by atomic mass is 35.5. The zero-order valence-corrected chi connectivity index (χ0v) is 28.3. The van der Waals surface area contributed by atoms with E-state index < -0.39 is 8.32 Å². The number of piperidine rings is 1. The zero-order valence-electron chi connectivity index (χ0n) is 25.8. The Labute approximate surface area is 273 Å². The van der Waals surface area contributed by atoms with E-state index in [1.54, 1.807) is 0 Å². The molecule has 6 heteroatoms. The van der Waals surface area contributed by atoms with E-state index in [4.69, 9.17) is 27.6 Å². The number of carbonyl (C=O) groups is 1. The second kappa shape index (κ2) is 12.8. The third kappa shape index (κ3) is 6.15. The highest BCUT2D eigenvalue weighted by molar-refractivity contribution is 6.99. The molecule has 6 rings (SSSR count). The molecule has 2 fully saturated rings. The topological polar surface area (TPSA) is 29.5 Å². The second-order valence-electron chi connectivity index (χ2n) is 13.4. The maximum Gasteiger partial charge on any atom is 0.261 e. The van der Waals surface area contributed by atoms with Gasteiger partial charge in [0.25, 0.3) is 8.32 Å². The second-order valence-corrected chi connectivity index (χ2v) is 18.6. The van der Waals surface area contributed by atoms with Crippen molar-refractivity contribution >= 4 is 47.8 Å². The van der Waals surface area contributed by atoms with Crippen LogP contribution in [-0.4, -0.2) is 31.8 Å². The minimum Gasteiger partial charge on any atom is -0.405 e. The molecule has 4 aromatic carbocycles. The van der Waals surface area contributed by atoms with Crippen molar-refractivity contribution in [3.63, 3.8) is 0 Å². The molecular weight excluding hydrogens is 601 g/mol. The van der Waals surface area contributed by atoms with Crippen LogP contribution in [0, 0.1) is 5.92 Å². The standard InChI is InChI=1S/C38H41Cl2NO2Si/c1-38(2,3)44(32-13-6-4-7-14-32,33-15-8-5-9-16-33)43-26-35(27-17-18-27)41-36(42)24-23-34(29-11-10-12-31(40)25-29)37(41)28-19-21-30(39)22-20-28/h4-16,19-22,25,27,34-35,37H,17-18,23-24,26H2,1-3H3/t34-,35-,37?/m1/s1. The Kier molecular flexibility index (Phi) is 9.08. The van der Waals surface area contributed by atoms with Crippen molar-refractivity contribution in [1.82, 2.24) is 4.90 Å². The molecule has 0 bridgehead atoms. The largest absolute Gasteiger partial charge is 0.405 e. The van der Waals surface area contributed by atoms with E-state index in [0.717, 1.165) is 35.4 Å². The Morgan fingerprint density at radius 3 is 1.93 bits per heavy atom. The average molecular weight is 643 g/mol. The molecule has 1 aliphatic heterocycles. The quantitative estimate of drug-likeness (QED) is 0.171. The van der Waals surface area contributed by atoms with Crippen LogP contribution in [0.5, 0.6) is 0 Å². The van der Waals surface area contributed by atoms with Crippen LogP contribution in [0.25, 0.3) is 0 Å². The summed E-state index contributed by atoms with van der Waals surface area (Å²) in [7, 11) is -2.79. The van der Waals surface area contributed by atoms with Gasteiger partial charge in [-0.1, -0.05) is 129 Å². The number of nitrogens with zero attached hydrogens (tertiary/aromatic N) is 1. The number of amides is 1. The zero-order chi connectivity index (χ0) is 30.9. The first-order chi connectivity index (χ1) is 21.2. The molecule has 0 N–H and O–H groups in total. The Hall–Kier alpha value is -2.89. The molecule has 1 heterocycles. The number of likely N-dealkylation sites (tertiary alicyclic amines) is 1. The Balaban J connectivity index is 1.44. The van der Waals surface area contributed by atoms with Gasteiger partial charge in [0.1, 0.15) is 0 Å². The van der Waals surface area contributed by atoms with Crippen LogP contribution >= 0.6 is 23.2 Å². The molecule has 228 valence electrons. The van der Waals surface area contributed by atoms with Gasteiger partial charge in [-0.05, 0) is 76.0 Å². The van der Waals surface area contributed by atoms with Gasteiger partial charge < -0.3 is 9.33 Å². The van der Waals surface area contributed by atoms with E-state index in [1.807, 2.05) is 24.3 Å². The Morgan fingerprint density at radius 1 is 0.773 bits per heavy atom. The lowest BCUT2D eigenvalue weighted by atomic mass is 9.79. The molecule has 0 aromatic heterocycles. The lowest BCUT2D eigenvalue weighted by Gasteiger charge is -2.48. The molecule has 0 spiro atoms. The van der Waals surface area contributed by atoms with Crippen molar-refractivity contribution in [1.29, 1.82) is 0 Å². The summed E-state index contributed by atoms with van der Waals surface area (Å²) in [4.78, 5) is 16.4. The smallest absolute Gasteiger partial charge is 0.261 e. The highest BCUT2D eigenvalue weighted by Crippen LogP contribution is 2.49. The number of halogens is 2. The van der Waals surface area contributed by atoms with Gasteiger partial charge >= 0.3 is 0 Å². The van der Waals surface area contributed by atoms with E-state index in [1.165, 1.54) is 10.4 Å². The van der Waals surface area contributed by atoms with Crippen LogP contribution in [0.1, 0.15) is 69.5 Å². The lowest BCUT2D eigenvalue weighted by molar-refractivity contribution is -0.142. The fourth-order valence-electron chi connectivity index (χ4n) is 7.34. The van der Waals surface area contributed by atoms with Gasteiger partial charge in [-0.3, -0.25) is 4.79 Å². The van der Waals surface area contributed by atoms with E-state index in [0.29, 0.717) is 24.0 Å². The molecule has 2 aliphatic rings. The summed E-state index contributed by atoms with van der Waals surface area (Å²) in [5.74, 6) is 0.720. The lowest BCUT2D eigenvalue weighted by Crippen LogP contribution is -2.67. The van der Waals surface area contributed by atoms with Gasteiger partial charge in [-0.15, -0.1) is 0 Å². The Morgan fingerprint density at radius 2 is 1.39 bits per heavy atom. The van der Waals surface area contributed by atoms with Crippen LogP contribution in [0.4, 0.5) is 0 Å². The van der Waals surface area contributed by atoms with E-state index in [-0.39, 0.29) is 28.9 Å². The number of hydrogen-bond acceptors (Lipinski definition) is 2. The summed E-state index contributed by atoms with van der Waals surface area (Å²) in [6, 6.07) is 37.6. The maximum atomic E-state index is 14.2. The van der Waals surface area contributed by atoms with Crippen LogP contribution in [0.15, 0.2) is 109 Å².